The first-order chi connectivity index (χ1) is 6.38. The van der Waals surface area contributed by atoms with E-state index in [-0.39, 0.29) is 6.61 Å². The molecule has 1 saturated heterocycles. The number of nitro groups is 2. The fourth-order valence-electron chi connectivity index (χ4n) is 0.860. The zero-order valence-electron chi connectivity index (χ0n) is 6.76. The SMILES string of the molecule is O=[N+]([O-])C(F)(CC(Cl)C1CO1)[N+](=O)[O-]. The van der Waals surface area contributed by atoms with Crippen molar-refractivity contribution in [3.63, 3.8) is 0 Å². The van der Waals surface area contributed by atoms with E-state index in [0.29, 0.717) is 0 Å². The van der Waals surface area contributed by atoms with Gasteiger partial charge in [-0.1, -0.05) is 4.39 Å². The van der Waals surface area contributed by atoms with Crippen molar-refractivity contribution in [3.8, 4) is 0 Å². The van der Waals surface area contributed by atoms with E-state index in [1.165, 1.54) is 0 Å². The van der Waals surface area contributed by atoms with Crippen LogP contribution in [0.4, 0.5) is 4.39 Å². The van der Waals surface area contributed by atoms with Crippen molar-refractivity contribution in [2.24, 2.45) is 0 Å². The van der Waals surface area contributed by atoms with E-state index in [9.17, 15) is 24.6 Å². The lowest BCUT2D eigenvalue weighted by Crippen LogP contribution is -2.44. The summed E-state index contributed by atoms with van der Waals surface area (Å²) >= 11 is 5.48. The van der Waals surface area contributed by atoms with Crippen molar-refractivity contribution in [2.75, 3.05) is 6.61 Å². The Hall–Kier alpha value is -1.02. The molecule has 2 atom stereocenters. The summed E-state index contributed by atoms with van der Waals surface area (Å²) < 4.78 is 17.8. The van der Waals surface area contributed by atoms with Crippen LogP contribution in [0.25, 0.3) is 0 Å². The van der Waals surface area contributed by atoms with Crippen LogP contribution in [0.1, 0.15) is 6.42 Å². The molecule has 0 spiro atoms. The van der Waals surface area contributed by atoms with Crippen molar-refractivity contribution in [3.05, 3.63) is 20.2 Å². The molecule has 1 fully saturated rings. The van der Waals surface area contributed by atoms with Gasteiger partial charge in [-0.3, -0.25) is 20.2 Å². The van der Waals surface area contributed by atoms with E-state index < -0.39 is 33.7 Å². The van der Waals surface area contributed by atoms with Gasteiger partial charge in [0.1, 0.15) is 16.3 Å². The van der Waals surface area contributed by atoms with Gasteiger partial charge >= 0.3 is 5.92 Å². The predicted molar refractivity (Wildman–Crippen MR) is 41.8 cm³/mol. The van der Waals surface area contributed by atoms with Crippen LogP contribution in [-0.2, 0) is 4.74 Å². The molecule has 14 heavy (non-hydrogen) atoms. The minimum absolute atomic E-state index is 0.250. The maximum Gasteiger partial charge on any atom is 0.615 e. The Balaban J connectivity index is 2.67. The standard InChI is InChI=1S/C5H6ClFN2O5/c6-3(4-2-14-4)1-5(7,8(10)11)9(12)13/h3-4H,1-2H2. The predicted octanol–water partition coefficient (Wildman–Crippen LogP) is 0.559. The van der Waals surface area contributed by atoms with Crippen LogP contribution in [0.5, 0.6) is 0 Å². The Morgan fingerprint density at radius 1 is 1.57 bits per heavy atom. The maximum atomic E-state index is 13.1. The Bertz CT molecular complexity index is 257. The van der Waals surface area contributed by atoms with Crippen molar-refractivity contribution < 1.29 is 19.0 Å². The van der Waals surface area contributed by atoms with Crippen molar-refractivity contribution >= 4 is 11.6 Å². The van der Waals surface area contributed by atoms with Crippen LogP contribution in [0.3, 0.4) is 0 Å². The van der Waals surface area contributed by atoms with Gasteiger partial charge in [-0.05, 0) is 0 Å². The molecule has 0 amide bonds. The number of ether oxygens (including phenoxy) is 1. The highest BCUT2D eigenvalue weighted by atomic mass is 35.5. The summed E-state index contributed by atoms with van der Waals surface area (Å²) in [5.41, 5.74) is 0. The normalized spacial score (nSPS) is 22.9. The molecule has 0 aliphatic carbocycles. The van der Waals surface area contributed by atoms with Crippen LogP contribution in [0.2, 0.25) is 0 Å². The maximum absolute atomic E-state index is 13.1. The third-order valence-electron chi connectivity index (χ3n) is 1.78. The number of epoxide rings is 1. The van der Waals surface area contributed by atoms with Crippen LogP contribution < -0.4 is 0 Å². The second-order valence-corrected chi connectivity index (χ2v) is 3.39. The smallest absolute Gasteiger partial charge is 0.372 e. The fraction of sp³-hybridized carbons (Fsp3) is 1.00. The zero-order chi connectivity index (χ0) is 10.9. The van der Waals surface area contributed by atoms with E-state index in [0.717, 1.165) is 0 Å². The fourth-order valence-corrected chi connectivity index (χ4v) is 1.20. The van der Waals surface area contributed by atoms with Gasteiger partial charge in [0.25, 0.3) is 0 Å². The second-order valence-electron chi connectivity index (χ2n) is 2.83. The van der Waals surface area contributed by atoms with Crippen LogP contribution in [0.15, 0.2) is 0 Å². The van der Waals surface area contributed by atoms with Crippen LogP contribution in [-0.4, -0.2) is 33.9 Å². The highest BCUT2D eigenvalue weighted by Crippen LogP contribution is 2.29. The molecule has 7 nitrogen and oxygen atoms in total. The highest BCUT2D eigenvalue weighted by molar-refractivity contribution is 6.21. The minimum atomic E-state index is -3.72. The Kier molecular flexibility index (Phi) is 2.86. The summed E-state index contributed by atoms with van der Waals surface area (Å²) in [6.45, 7) is 0.250. The van der Waals surface area contributed by atoms with Gasteiger partial charge in [-0.25, -0.2) is 0 Å². The van der Waals surface area contributed by atoms with Gasteiger partial charge in [-0.2, -0.15) is 0 Å². The molecule has 80 valence electrons. The molecule has 1 heterocycles. The number of halogens is 2. The first-order valence-electron chi connectivity index (χ1n) is 3.61. The van der Waals surface area contributed by atoms with Gasteiger partial charge in [-0.15, -0.1) is 11.6 Å². The minimum Gasteiger partial charge on any atom is -0.372 e. The molecule has 0 saturated carbocycles. The average molecular weight is 229 g/mol. The quantitative estimate of drug-likeness (QED) is 0.171. The van der Waals surface area contributed by atoms with Gasteiger partial charge < -0.3 is 4.74 Å². The van der Waals surface area contributed by atoms with Crippen LogP contribution in [0, 0.1) is 20.2 Å². The molecule has 9 heteroatoms. The molecule has 0 aromatic carbocycles. The van der Waals surface area contributed by atoms with E-state index in [1.807, 2.05) is 0 Å². The molecule has 1 aliphatic rings. The first kappa shape index (κ1) is 11.1. The molecule has 0 N–H and O–H groups in total. The van der Waals surface area contributed by atoms with Crippen molar-refractivity contribution in [1.29, 1.82) is 0 Å². The summed E-state index contributed by atoms with van der Waals surface area (Å²) in [6, 6.07) is 0. The Morgan fingerprint density at radius 2 is 2.00 bits per heavy atom. The number of nitrogens with zero attached hydrogens (tertiary/aromatic N) is 2. The summed E-state index contributed by atoms with van der Waals surface area (Å²) in [4.78, 5) is 17.1. The lowest BCUT2D eigenvalue weighted by Gasteiger charge is -2.10. The third kappa shape index (κ3) is 2.07. The van der Waals surface area contributed by atoms with E-state index in [2.05, 4.69) is 4.74 Å². The first-order valence-corrected chi connectivity index (χ1v) is 4.05. The Morgan fingerprint density at radius 3 is 2.29 bits per heavy atom. The molecule has 2 unspecified atom stereocenters. The van der Waals surface area contributed by atoms with Gasteiger partial charge in [0.2, 0.25) is 0 Å². The molecule has 1 aliphatic heterocycles. The number of alkyl halides is 2. The van der Waals surface area contributed by atoms with Gasteiger partial charge in [0, 0.05) is 0 Å². The van der Waals surface area contributed by atoms with Crippen molar-refractivity contribution in [2.45, 2.75) is 23.8 Å². The van der Waals surface area contributed by atoms with Crippen LogP contribution >= 0.6 is 11.6 Å². The third-order valence-corrected chi connectivity index (χ3v) is 2.21. The molecule has 0 aromatic rings. The molecule has 0 bridgehead atoms. The lowest BCUT2D eigenvalue weighted by atomic mass is 10.2. The summed E-state index contributed by atoms with van der Waals surface area (Å²) in [5.74, 6) is -3.72. The average Bonchev–Trinajstić information content (AvgIpc) is 2.85. The summed E-state index contributed by atoms with van der Waals surface area (Å²) in [7, 11) is 0. The Labute approximate surface area is 82.1 Å². The van der Waals surface area contributed by atoms with E-state index in [4.69, 9.17) is 11.6 Å². The molecular weight excluding hydrogens is 223 g/mol. The second kappa shape index (κ2) is 3.62. The van der Waals surface area contributed by atoms with Gasteiger partial charge in [0.05, 0.1) is 18.1 Å². The van der Waals surface area contributed by atoms with E-state index in [1.54, 1.807) is 0 Å². The zero-order valence-corrected chi connectivity index (χ0v) is 7.52. The number of rotatable bonds is 5. The molecular formula is C5H6ClFN2O5. The topological polar surface area (TPSA) is 98.8 Å². The van der Waals surface area contributed by atoms with E-state index >= 15 is 0 Å². The highest BCUT2D eigenvalue weighted by Gasteiger charge is 2.60. The molecule has 0 radical (unpaired) electrons. The lowest BCUT2D eigenvalue weighted by molar-refractivity contribution is -0.832. The van der Waals surface area contributed by atoms with Crippen molar-refractivity contribution in [1.82, 2.24) is 0 Å². The van der Waals surface area contributed by atoms with Gasteiger partial charge in [0.15, 0.2) is 0 Å². The molecule has 0 aromatic heterocycles. The summed E-state index contributed by atoms with van der Waals surface area (Å²) in [6.07, 6.45) is -1.52. The number of hydrogen-bond acceptors (Lipinski definition) is 5. The summed E-state index contributed by atoms with van der Waals surface area (Å²) in [5, 5.41) is 19.2. The largest absolute Gasteiger partial charge is 0.615 e. The number of hydrogen-bond donors (Lipinski definition) is 0. The molecule has 1 rings (SSSR count). The monoisotopic (exact) mass is 228 g/mol.